The largest absolute Gasteiger partial charge is 0.623 e. The van der Waals surface area contributed by atoms with Crippen molar-refractivity contribution in [2.45, 2.75) is 19.8 Å². The van der Waals surface area contributed by atoms with Gasteiger partial charge in [-0.3, -0.25) is 0 Å². The molecule has 0 aromatic heterocycles. The zero-order chi connectivity index (χ0) is 14.0. The van der Waals surface area contributed by atoms with Gasteiger partial charge in [-0.1, -0.05) is 37.3 Å². The molecule has 5 heteroatoms. The van der Waals surface area contributed by atoms with Crippen LogP contribution in [0, 0.1) is 5.21 Å². The van der Waals surface area contributed by atoms with Crippen LogP contribution in [0.15, 0.2) is 53.8 Å². The van der Waals surface area contributed by atoms with Crippen LogP contribution in [-0.4, -0.2) is 13.4 Å². The van der Waals surface area contributed by atoms with Gasteiger partial charge in [-0.25, -0.2) is 0 Å². The third kappa shape index (κ3) is 2.68. The molecule has 2 unspecified atom stereocenters. The van der Waals surface area contributed by atoms with Gasteiger partial charge in [0, 0.05) is 11.5 Å². The van der Waals surface area contributed by atoms with Gasteiger partial charge in [-0.2, -0.15) is 8.42 Å². The summed E-state index contributed by atoms with van der Waals surface area (Å²) < 4.78 is 22.3. The minimum Gasteiger partial charge on any atom is -0.623 e. The van der Waals surface area contributed by atoms with Crippen molar-refractivity contribution in [3.05, 3.63) is 64.5 Å². The molecule has 100 valence electrons. The third-order valence-electron chi connectivity index (χ3n) is 3.34. The van der Waals surface area contributed by atoms with Gasteiger partial charge in [-0.05, 0) is 24.1 Å². The number of benzene rings is 1. The minimum atomic E-state index is -2.50. The van der Waals surface area contributed by atoms with Crippen LogP contribution in [0.3, 0.4) is 0 Å². The fraction of sp³-hybridized carbons (Fsp3) is 0.214. The molecule has 1 aromatic rings. The quantitative estimate of drug-likeness (QED) is 0.648. The molecule has 0 spiro atoms. The fourth-order valence-electron chi connectivity index (χ4n) is 2.28. The number of allylic oxidation sites excluding steroid dienone is 2. The lowest BCUT2D eigenvalue weighted by atomic mass is 9.88. The summed E-state index contributed by atoms with van der Waals surface area (Å²) >= 11 is 0. The van der Waals surface area contributed by atoms with E-state index in [1.807, 2.05) is 37.3 Å². The minimum absolute atomic E-state index is 0.0455. The van der Waals surface area contributed by atoms with Crippen LogP contribution in [0.2, 0.25) is 0 Å². The van der Waals surface area contributed by atoms with E-state index in [2.05, 4.69) is 0 Å². The Balaban J connectivity index is 2.51. The third-order valence-corrected chi connectivity index (χ3v) is 4.19. The first-order valence-electron chi connectivity index (χ1n) is 5.97. The molecular weight excluding hydrogens is 262 g/mol. The molecule has 1 aliphatic rings. The Morgan fingerprint density at radius 2 is 1.84 bits per heavy atom. The second kappa shape index (κ2) is 5.52. The van der Waals surface area contributed by atoms with Crippen LogP contribution < -0.4 is 5.06 Å². The zero-order valence-electron chi connectivity index (χ0n) is 10.8. The molecule has 1 heterocycles. The highest BCUT2D eigenvalue weighted by atomic mass is 32.2. The van der Waals surface area contributed by atoms with Crippen molar-refractivity contribution in [2.24, 2.45) is 0 Å². The predicted octanol–water partition coefficient (Wildman–Crippen LogP) is 1.03. The lowest BCUT2D eigenvalue weighted by Crippen LogP contribution is -3.06. The molecule has 0 bridgehead atoms. The first-order chi connectivity index (χ1) is 9.02. The van der Waals surface area contributed by atoms with Crippen molar-refractivity contribution < 1.29 is 13.5 Å². The maximum atomic E-state index is 11.6. The van der Waals surface area contributed by atoms with E-state index in [1.165, 1.54) is 6.20 Å². The van der Waals surface area contributed by atoms with Crippen molar-refractivity contribution in [1.82, 2.24) is 0 Å². The van der Waals surface area contributed by atoms with Crippen molar-refractivity contribution in [2.75, 3.05) is 0 Å². The van der Waals surface area contributed by atoms with Crippen LogP contribution >= 0.6 is 0 Å². The Labute approximate surface area is 113 Å². The van der Waals surface area contributed by atoms with E-state index >= 15 is 0 Å². The summed E-state index contributed by atoms with van der Waals surface area (Å²) in [7, 11) is -2.50. The van der Waals surface area contributed by atoms with Crippen LogP contribution in [0.5, 0.6) is 0 Å². The number of nitrogens with one attached hydrogen (secondary N) is 1. The topological polar surface area (TPSA) is 61.6 Å². The molecule has 0 saturated heterocycles. The summed E-state index contributed by atoms with van der Waals surface area (Å²) in [6.07, 6.45) is 3.04. The van der Waals surface area contributed by atoms with Crippen molar-refractivity contribution >= 4 is 15.3 Å². The summed E-state index contributed by atoms with van der Waals surface area (Å²) in [5.41, 5.74) is 2.49. The highest BCUT2D eigenvalue weighted by molar-refractivity contribution is 7.72. The Bertz CT molecular complexity index is 664. The Hall–Kier alpha value is -1.69. The normalized spacial score (nSPS) is 20.6. The Morgan fingerprint density at radius 1 is 1.21 bits per heavy atom. The van der Waals surface area contributed by atoms with Crippen molar-refractivity contribution in [3.63, 3.8) is 0 Å². The van der Waals surface area contributed by atoms with E-state index in [0.29, 0.717) is 5.57 Å². The van der Waals surface area contributed by atoms with E-state index in [0.717, 1.165) is 11.1 Å². The highest BCUT2D eigenvalue weighted by Crippen LogP contribution is 2.27. The number of rotatable bonds is 2. The monoisotopic (exact) mass is 277 g/mol. The summed E-state index contributed by atoms with van der Waals surface area (Å²) in [5, 5.41) is 11.2. The number of quaternary nitrogens is 1. The van der Waals surface area contributed by atoms with Crippen LogP contribution in [0.4, 0.5) is 0 Å². The standard InChI is InChI=1S/C14H15NO3S/c1-10(12-6-4-3-5-7-12)13-8-9-15(16)14(11(13)2)19(17)18/h3-10,15H,1-2H3. The first kappa shape index (κ1) is 13.7. The van der Waals surface area contributed by atoms with Gasteiger partial charge in [0.25, 0.3) is 15.3 Å². The van der Waals surface area contributed by atoms with E-state index in [9.17, 15) is 13.6 Å². The smallest absolute Gasteiger partial charge is 0.277 e. The summed E-state index contributed by atoms with van der Waals surface area (Å²) in [6.45, 7) is 3.68. The molecule has 1 aromatic carbocycles. The predicted molar refractivity (Wildman–Crippen MR) is 75.0 cm³/mol. The highest BCUT2D eigenvalue weighted by Gasteiger charge is 2.23. The van der Waals surface area contributed by atoms with Crippen molar-refractivity contribution in [3.8, 4) is 0 Å². The summed E-state index contributed by atoms with van der Waals surface area (Å²) in [4.78, 5) is -0.125. The number of hydrogen-bond donors (Lipinski definition) is 1. The maximum Gasteiger partial charge on any atom is 0.277 e. The van der Waals surface area contributed by atoms with Gasteiger partial charge in [0.1, 0.15) is 6.20 Å². The lowest BCUT2D eigenvalue weighted by Gasteiger charge is -2.25. The van der Waals surface area contributed by atoms with Gasteiger partial charge < -0.3 is 10.3 Å². The van der Waals surface area contributed by atoms with E-state index in [1.54, 1.807) is 13.0 Å². The molecule has 2 rings (SSSR count). The van der Waals surface area contributed by atoms with E-state index in [4.69, 9.17) is 0 Å². The van der Waals surface area contributed by atoms with Crippen molar-refractivity contribution in [1.29, 1.82) is 0 Å². The second-order valence-electron chi connectivity index (χ2n) is 4.47. The average Bonchev–Trinajstić information content (AvgIpc) is 2.39. The van der Waals surface area contributed by atoms with Gasteiger partial charge in [0.15, 0.2) is 0 Å². The van der Waals surface area contributed by atoms with Crippen LogP contribution in [-0.2, 0) is 10.3 Å². The Morgan fingerprint density at radius 3 is 2.42 bits per heavy atom. The van der Waals surface area contributed by atoms with Gasteiger partial charge in [-0.15, -0.1) is 0 Å². The van der Waals surface area contributed by atoms with E-state index < -0.39 is 15.4 Å². The molecule has 1 N–H and O–H groups in total. The summed E-state index contributed by atoms with van der Waals surface area (Å²) in [5.74, 6) is 0.0455. The molecule has 19 heavy (non-hydrogen) atoms. The fourth-order valence-corrected chi connectivity index (χ4v) is 2.88. The average molecular weight is 277 g/mol. The lowest BCUT2D eigenvalue weighted by molar-refractivity contribution is -0.680. The zero-order valence-corrected chi connectivity index (χ0v) is 11.6. The number of hydrogen-bond acceptors (Lipinski definition) is 3. The van der Waals surface area contributed by atoms with E-state index in [-0.39, 0.29) is 10.9 Å². The first-order valence-corrected chi connectivity index (χ1v) is 7.04. The second-order valence-corrected chi connectivity index (χ2v) is 5.35. The molecule has 1 aliphatic heterocycles. The molecule has 0 fully saturated rings. The molecule has 4 nitrogen and oxygen atoms in total. The van der Waals surface area contributed by atoms with Gasteiger partial charge in [0.2, 0.25) is 0 Å². The summed E-state index contributed by atoms with van der Waals surface area (Å²) in [6, 6.07) is 9.79. The van der Waals surface area contributed by atoms with Crippen LogP contribution in [0.1, 0.15) is 25.3 Å². The molecule has 0 aliphatic carbocycles. The Kier molecular flexibility index (Phi) is 3.99. The number of hydroxylamine groups is 2. The molecule has 2 atom stereocenters. The van der Waals surface area contributed by atoms with Gasteiger partial charge in [0.05, 0.1) is 0 Å². The molecular formula is C14H15NO3S. The SMILES string of the molecule is CC1=C(C(C)c2ccccc2)C=C[NH+]([O-])C1=S(=O)=O. The van der Waals surface area contributed by atoms with Gasteiger partial charge >= 0.3 is 0 Å². The molecule has 0 amide bonds. The maximum absolute atomic E-state index is 11.6. The van der Waals surface area contributed by atoms with Crippen LogP contribution in [0.25, 0.3) is 0 Å². The molecule has 0 saturated carbocycles. The molecule has 0 radical (unpaired) electrons.